The highest BCUT2D eigenvalue weighted by atomic mass is 32.1. The molecule has 150 valence electrons. The number of thiophene rings is 1. The van der Waals surface area contributed by atoms with Crippen LogP contribution < -0.4 is 10.6 Å². The number of hydrogen-bond acceptors (Lipinski definition) is 4. The van der Waals surface area contributed by atoms with Gasteiger partial charge in [-0.3, -0.25) is 14.8 Å². The van der Waals surface area contributed by atoms with E-state index in [9.17, 15) is 0 Å². The molecule has 3 aliphatic rings. The molecule has 3 heterocycles. The van der Waals surface area contributed by atoms with E-state index in [4.69, 9.17) is 0 Å². The lowest BCUT2D eigenvalue weighted by Gasteiger charge is -2.33. The Balaban J connectivity index is 1.21. The Morgan fingerprint density at radius 2 is 2.15 bits per heavy atom. The minimum absolute atomic E-state index is 0.509. The monoisotopic (exact) mass is 389 g/mol. The van der Waals surface area contributed by atoms with Crippen molar-refractivity contribution in [2.45, 2.75) is 70.1 Å². The standard InChI is InChI=1S/C21H35N5S/c1-16(25-11-8-20-17(14-25)9-12-27-20)13-23-21(22-2)24-18-7-10-26(15-18)19-5-3-4-6-19/h9,12,16,18-19H,3-8,10-11,13-15H2,1-2H3,(H2,22,23,24). The van der Waals surface area contributed by atoms with E-state index in [1.165, 1.54) is 63.7 Å². The van der Waals surface area contributed by atoms with Gasteiger partial charge in [-0.1, -0.05) is 12.8 Å². The van der Waals surface area contributed by atoms with Crippen LogP contribution in [0.5, 0.6) is 0 Å². The van der Waals surface area contributed by atoms with Gasteiger partial charge in [-0.2, -0.15) is 0 Å². The summed E-state index contributed by atoms with van der Waals surface area (Å²) >= 11 is 1.91. The van der Waals surface area contributed by atoms with Gasteiger partial charge in [0.2, 0.25) is 0 Å². The van der Waals surface area contributed by atoms with Gasteiger partial charge < -0.3 is 10.6 Å². The Kier molecular flexibility index (Phi) is 6.35. The lowest BCUT2D eigenvalue weighted by molar-refractivity contribution is 0.192. The first-order valence-electron chi connectivity index (χ1n) is 10.7. The number of aliphatic imine (C=N–C) groups is 1. The maximum Gasteiger partial charge on any atom is 0.191 e. The van der Waals surface area contributed by atoms with Crippen molar-refractivity contribution in [3.63, 3.8) is 0 Å². The van der Waals surface area contributed by atoms with Gasteiger partial charge in [0.05, 0.1) is 0 Å². The molecule has 0 bridgehead atoms. The normalized spacial score (nSPS) is 26.3. The van der Waals surface area contributed by atoms with Gasteiger partial charge in [-0.25, -0.2) is 0 Å². The van der Waals surface area contributed by atoms with Gasteiger partial charge in [-0.05, 0) is 49.6 Å². The lowest BCUT2D eigenvalue weighted by Crippen LogP contribution is -2.49. The Labute approximate surface area is 168 Å². The van der Waals surface area contributed by atoms with Crippen LogP contribution in [-0.4, -0.2) is 67.1 Å². The van der Waals surface area contributed by atoms with Gasteiger partial charge in [0.25, 0.3) is 0 Å². The third-order valence-corrected chi connectivity index (χ3v) is 7.67. The lowest BCUT2D eigenvalue weighted by atomic mass is 10.1. The van der Waals surface area contributed by atoms with Crippen LogP contribution in [0.3, 0.4) is 0 Å². The molecular formula is C21H35N5S. The van der Waals surface area contributed by atoms with Crippen molar-refractivity contribution in [3.05, 3.63) is 21.9 Å². The van der Waals surface area contributed by atoms with E-state index in [1.807, 2.05) is 18.4 Å². The van der Waals surface area contributed by atoms with Crippen LogP contribution in [0.4, 0.5) is 0 Å². The summed E-state index contributed by atoms with van der Waals surface area (Å²) in [7, 11) is 1.89. The average Bonchev–Trinajstić information content (AvgIpc) is 3.45. The molecule has 0 spiro atoms. The van der Waals surface area contributed by atoms with Crippen molar-refractivity contribution in [2.75, 3.05) is 33.2 Å². The molecule has 1 aromatic rings. The van der Waals surface area contributed by atoms with Gasteiger partial charge in [0.1, 0.15) is 0 Å². The quantitative estimate of drug-likeness (QED) is 0.600. The first-order chi connectivity index (χ1) is 13.2. The summed E-state index contributed by atoms with van der Waals surface area (Å²) in [4.78, 5) is 11.3. The van der Waals surface area contributed by atoms with Crippen LogP contribution >= 0.6 is 11.3 Å². The van der Waals surface area contributed by atoms with Crippen LogP contribution in [0.15, 0.2) is 16.4 Å². The average molecular weight is 390 g/mol. The first kappa shape index (κ1) is 19.2. The fourth-order valence-electron chi connectivity index (χ4n) is 4.91. The number of guanidine groups is 1. The predicted octanol–water partition coefficient (Wildman–Crippen LogP) is 2.68. The molecule has 5 nitrogen and oxygen atoms in total. The van der Waals surface area contributed by atoms with Crippen LogP contribution in [0.25, 0.3) is 0 Å². The summed E-state index contributed by atoms with van der Waals surface area (Å²) in [6, 6.07) is 4.18. The van der Waals surface area contributed by atoms with Crippen molar-refractivity contribution >= 4 is 17.3 Å². The third kappa shape index (κ3) is 4.66. The second-order valence-corrected chi connectivity index (χ2v) is 9.46. The van der Waals surface area contributed by atoms with Crippen molar-refractivity contribution in [1.82, 2.24) is 20.4 Å². The Bertz CT molecular complexity index is 636. The largest absolute Gasteiger partial charge is 0.355 e. The van der Waals surface area contributed by atoms with E-state index in [-0.39, 0.29) is 0 Å². The van der Waals surface area contributed by atoms with Crippen LogP contribution in [0.2, 0.25) is 0 Å². The zero-order chi connectivity index (χ0) is 18.6. The molecule has 0 aromatic carbocycles. The van der Waals surface area contributed by atoms with Crippen LogP contribution in [-0.2, 0) is 13.0 Å². The second-order valence-electron chi connectivity index (χ2n) is 8.45. The topological polar surface area (TPSA) is 42.9 Å². The minimum atomic E-state index is 0.509. The van der Waals surface area contributed by atoms with E-state index < -0.39 is 0 Å². The molecule has 27 heavy (non-hydrogen) atoms. The van der Waals surface area contributed by atoms with Crippen LogP contribution in [0, 0.1) is 0 Å². The summed E-state index contributed by atoms with van der Waals surface area (Å²) < 4.78 is 0. The smallest absolute Gasteiger partial charge is 0.191 e. The molecule has 2 atom stereocenters. The molecule has 0 radical (unpaired) electrons. The maximum atomic E-state index is 4.48. The molecule has 2 N–H and O–H groups in total. The van der Waals surface area contributed by atoms with E-state index in [0.717, 1.165) is 25.1 Å². The molecule has 1 aliphatic carbocycles. The van der Waals surface area contributed by atoms with Crippen molar-refractivity contribution in [3.8, 4) is 0 Å². The summed E-state index contributed by atoms with van der Waals surface area (Å²) in [5, 5.41) is 9.48. The van der Waals surface area contributed by atoms with Gasteiger partial charge in [0, 0.05) is 62.8 Å². The highest BCUT2D eigenvalue weighted by Crippen LogP contribution is 2.27. The van der Waals surface area contributed by atoms with Crippen molar-refractivity contribution in [2.24, 2.45) is 4.99 Å². The molecule has 1 aromatic heterocycles. The highest BCUT2D eigenvalue weighted by Gasteiger charge is 2.30. The van der Waals surface area contributed by atoms with E-state index in [2.05, 4.69) is 43.8 Å². The van der Waals surface area contributed by atoms with Gasteiger partial charge in [0.15, 0.2) is 5.96 Å². The third-order valence-electron chi connectivity index (χ3n) is 6.65. The number of likely N-dealkylation sites (tertiary alicyclic amines) is 1. The highest BCUT2D eigenvalue weighted by molar-refractivity contribution is 7.10. The summed E-state index contributed by atoms with van der Waals surface area (Å²) in [5.41, 5.74) is 1.53. The molecule has 1 saturated heterocycles. The molecule has 2 aliphatic heterocycles. The minimum Gasteiger partial charge on any atom is -0.355 e. The Morgan fingerprint density at radius 1 is 1.30 bits per heavy atom. The second kappa shape index (κ2) is 8.93. The molecule has 1 saturated carbocycles. The molecular weight excluding hydrogens is 354 g/mol. The number of rotatable bonds is 5. The summed E-state index contributed by atoms with van der Waals surface area (Å²) in [5.74, 6) is 0.966. The zero-order valence-corrected chi connectivity index (χ0v) is 17.7. The fraction of sp³-hybridized carbons (Fsp3) is 0.762. The number of fused-ring (bicyclic) bond motifs is 1. The molecule has 0 amide bonds. The fourth-order valence-corrected chi connectivity index (χ4v) is 5.80. The summed E-state index contributed by atoms with van der Waals surface area (Å²) in [6.45, 7) is 7.95. The Hall–Kier alpha value is -1.11. The number of nitrogens with one attached hydrogen (secondary N) is 2. The first-order valence-corrected chi connectivity index (χ1v) is 11.6. The zero-order valence-electron chi connectivity index (χ0n) is 16.9. The van der Waals surface area contributed by atoms with Crippen molar-refractivity contribution < 1.29 is 0 Å². The number of nitrogens with zero attached hydrogens (tertiary/aromatic N) is 3. The Morgan fingerprint density at radius 3 is 2.96 bits per heavy atom. The summed E-state index contributed by atoms with van der Waals surface area (Å²) in [6.07, 6.45) is 8.08. The molecule has 4 rings (SSSR count). The van der Waals surface area contributed by atoms with E-state index >= 15 is 0 Å². The van der Waals surface area contributed by atoms with E-state index in [1.54, 1.807) is 4.88 Å². The van der Waals surface area contributed by atoms with Gasteiger partial charge in [-0.15, -0.1) is 11.3 Å². The maximum absolute atomic E-state index is 4.48. The number of hydrogen-bond donors (Lipinski definition) is 2. The SMILES string of the molecule is CN=C(NCC(C)N1CCc2sccc2C1)NC1CCN(C2CCCC2)C1. The predicted molar refractivity (Wildman–Crippen MR) is 115 cm³/mol. The van der Waals surface area contributed by atoms with Crippen LogP contribution in [0.1, 0.15) is 49.5 Å². The van der Waals surface area contributed by atoms with Gasteiger partial charge >= 0.3 is 0 Å². The molecule has 2 unspecified atom stereocenters. The molecule has 6 heteroatoms. The molecule has 2 fully saturated rings. The van der Waals surface area contributed by atoms with E-state index in [0.29, 0.717) is 12.1 Å². The van der Waals surface area contributed by atoms with Crippen molar-refractivity contribution in [1.29, 1.82) is 0 Å².